The van der Waals surface area contributed by atoms with Gasteiger partial charge in [-0.3, -0.25) is 0 Å². The first-order chi connectivity index (χ1) is 9.25. The van der Waals surface area contributed by atoms with Crippen molar-refractivity contribution in [3.63, 3.8) is 0 Å². The van der Waals surface area contributed by atoms with Crippen LogP contribution in [0.25, 0.3) is 0 Å². The van der Waals surface area contributed by atoms with Gasteiger partial charge in [0.25, 0.3) is 0 Å². The second-order valence-electron chi connectivity index (χ2n) is 3.75. The number of carbonyl (C=O) groups is 1. The molecule has 2 nitrogen and oxygen atoms in total. The highest BCUT2D eigenvalue weighted by molar-refractivity contribution is 5.88. The van der Waals surface area contributed by atoms with Crippen molar-refractivity contribution in [2.24, 2.45) is 0 Å². The van der Waals surface area contributed by atoms with E-state index in [1.165, 1.54) is 12.1 Å². The summed E-state index contributed by atoms with van der Waals surface area (Å²) in [5.74, 6) is 10.2. The molecule has 0 aliphatic heterocycles. The van der Waals surface area contributed by atoms with E-state index in [1.54, 1.807) is 12.1 Å². The monoisotopic (exact) mass is 246 g/mol. The Morgan fingerprint density at radius 1 is 0.842 bits per heavy atom. The lowest BCUT2D eigenvalue weighted by atomic mass is 10.1. The number of rotatable bonds is 1. The Bertz CT molecular complexity index is 707. The molecule has 0 aromatic heterocycles. The first-order valence-electron chi connectivity index (χ1n) is 5.66. The maximum absolute atomic E-state index is 10.8. The molecule has 2 aromatic rings. The number of carboxylic acid groups (broad SMARTS) is 1. The van der Waals surface area contributed by atoms with Gasteiger partial charge in [0, 0.05) is 11.1 Å². The highest BCUT2D eigenvalue weighted by Crippen LogP contribution is 2.03. The predicted octanol–water partition coefficient (Wildman–Crippen LogP) is 2.79. The lowest BCUT2D eigenvalue weighted by molar-refractivity contribution is 0.0697. The molecule has 0 fully saturated rings. The lowest BCUT2D eigenvalue weighted by Gasteiger charge is -1.93. The topological polar surface area (TPSA) is 37.3 Å². The molecule has 2 heteroatoms. The minimum Gasteiger partial charge on any atom is -0.478 e. The summed E-state index contributed by atoms with van der Waals surface area (Å²) in [5, 5.41) is 8.85. The van der Waals surface area contributed by atoms with E-state index in [2.05, 4.69) is 23.7 Å². The van der Waals surface area contributed by atoms with Crippen molar-refractivity contribution in [2.45, 2.75) is 0 Å². The van der Waals surface area contributed by atoms with Crippen LogP contribution in [-0.2, 0) is 0 Å². The van der Waals surface area contributed by atoms with E-state index in [9.17, 15) is 4.79 Å². The van der Waals surface area contributed by atoms with Crippen LogP contribution in [0.2, 0.25) is 0 Å². The Kier molecular flexibility index (Phi) is 4.01. The third-order valence-corrected chi connectivity index (χ3v) is 2.36. The highest BCUT2D eigenvalue weighted by atomic mass is 16.4. The summed E-state index contributed by atoms with van der Waals surface area (Å²) in [5.41, 5.74) is 1.76. The fourth-order valence-corrected chi connectivity index (χ4v) is 1.46. The first kappa shape index (κ1) is 12.5. The Hall–Kier alpha value is -2.97. The molecule has 0 aliphatic rings. The van der Waals surface area contributed by atoms with E-state index in [4.69, 9.17) is 5.11 Å². The van der Waals surface area contributed by atoms with Crippen molar-refractivity contribution in [3.05, 3.63) is 71.3 Å². The van der Waals surface area contributed by atoms with Gasteiger partial charge >= 0.3 is 5.97 Å². The van der Waals surface area contributed by atoms with Crippen LogP contribution in [0.4, 0.5) is 0 Å². The molecule has 1 N–H and O–H groups in total. The average Bonchev–Trinajstić information content (AvgIpc) is 2.45. The maximum atomic E-state index is 10.8. The van der Waals surface area contributed by atoms with Crippen molar-refractivity contribution >= 4 is 5.97 Å². The van der Waals surface area contributed by atoms with Crippen LogP contribution in [0.1, 0.15) is 21.5 Å². The Balaban J connectivity index is 2.15. The molecule has 0 bridgehead atoms. The summed E-state index contributed by atoms with van der Waals surface area (Å²) in [7, 11) is 0. The van der Waals surface area contributed by atoms with Gasteiger partial charge in [0.1, 0.15) is 0 Å². The summed E-state index contributed by atoms with van der Waals surface area (Å²) in [6.45, 7) is 0. The van der Waals surface area contributed by atoms with E-state index in [0.717, 1.165) is 5.56 Å². The molecule has 0 heterocycles. The first-order valence-corrected chi connectivity index (χ1v) is 5.66. The second kappa shape index (κ2) is 6.10. The molecular formula is C17H10O2. The van der Waals surface area contributed by atoms with E-state index >= 15 is 0 Å². The molecule has 0 saturated carbocycles. The van der Waals surface area contributed by atoms with Crippen molar-refractivity contribution in [1.82, 2.24) is 0 Å². The van der Waals surface area contributed by atoms with Gasteiger partial charge in [-0.2, -0.15) is 0 Å². The SMILES string of the molecule is O=C(O)c1cccc(C#CC#Cc2ccccc2)c1. The van der Waals surface area contributed by atoms with Crippen molar-refractivity contribution < 1.29 is 9.90 Å². The van der Waals surface area contributed by atoms with Crippen molar-refractivity contribution in [3.8, 4) is 23.7 Å². The van der Waals surface area contributed by atoms with Crippen LogP contribution in [0, 0.1) is 23.7 Å². The van der Waals surface area contributed by atoms with Crippen LogP contribution in [0.3, 0.4) is 0 Å². The van der Waals surface area contributed by atoms with Crippen LogP contribution < -0.4 is 0 Å². The van der Waals surface area contributed by atoms with Gasteiger partial charge in [-0.05, 0) is 42.2 Å². The fraction of sp³-hybridized carbons (Fsp3) is 0. The van der Waals surface area contributed by atoms with Crippen LogP contribution >= 0.6 is 0 Å². The summed E-state index contributed by atoms with van der Waals surface area (Å²) in [6, 6.07) is 16.0. The molecule has 0 radical (unpaired) electrons. The zero-order chi connectivity index (χ0) is 13.5. The molecule has 0 unspecified atom stereocenters. The minimum absolute atomic E-state index is 0.225. The van der Waals surface area contributed by atoms with Gasteiger partial charge in [-0.15, -0.1) is 0 Å². The van der Waals surface area contributed by atoms with Gasteiger partial charge in [0.15, 0.2) is 0 Å². The molecule has 19 heavy (non-hydrogen) atoms. The van der Waals surface area contributed by atoms with Gasteiger partial charge in [-0.25, -0.2) is 4.79 Å². The summed E-state index contributed by atoms with van der Waals surface area (Å²) in [6.07, 6.45) is 0. The number of carboxylic acids is 1. The van der Waals surface area contributed by atoms with E-state index in [0.29, 0.717) is 5.56 Å². The molecule has 0 atom stereocenters. The van der Waals surface area contributed by atoms with E-state index in [-0.39, 0.29) is 5.56 Å². The van der Waals surface area contributed by atoms with Gasteiger partial charge in [0.2, 0.25) is 0 Å². The smallest absolute Gasteiger partial charge is 0.335 e. The van der Waals surface area contributed by atoms with Crippen LogP contribution in [0.5, 0.6) is 0 Å². The summed E-state index contributed by atoms with van der Waals surface area (Å²) >= 11 is 0. The van der Waals surface area contributed by atoms with E-state index < -0.39 is 5.97 Å². The third-order valence-electron chi connectivity index (χ3n) is 2.36. The van der Waals surface area contributed by atoms with Crippen molar-refractivity contribution in [2.75, 3.05) is 0 Å². The fourth-order valence-electron chi connectivity index (χ4n) is 1.46. The molecule has 0 aliphatic carbocycles. The number of hydrogen-bond donors (Lipinski definition) is 1. The molecule has 90 valence electrons. The second-order valence-corrected chi connectivity index (χ2v) is 3.75. The largest absolute Gasteiger partial charge is 0.478 e. The standard InChI is InChI=1S/C17H10O2/c18-17(19)16-12-6-11-15(13-16)10-5-4-9-14-7-2-1-3-8-14/h1-3,6-8,11-13H,(H,18,19). The molecule has 2 aromatic carbocycles. The molecule has 0 spiro atoms. The predicted molar refractivity (Wildman–Crippen MR) is 73.6 cm³/mol. The van der Waals surface area contributed by atoms with E-state index in [1.807, 2.05) is 30.3 Å². The molecule has 0 amide bonds. The summed E-state index contributed by atoms with van der Waals surface area (Å²) < 4.78 is 0. The van der Waals surface area contributed by atoms with Crippen molar-refractivity contribution in [1.29, 1.82) is 0 Å². The Morgan fingerprint density at radius 2 is 1.47 bits per heavy atom. The maximum Gasteiger partial charge on any atom is 0.335 e. The minimum atomic E-state index is -0.959. The average molecular weight is 246 g/mol. The zero-order valence-corrected chi connectivity index (χ0v) is 10.1. The normalized spacial score (nSPS) is 8.63. The third kappa shape index (κ3) is 3.77. The van der Waals surface area contributed by atoms with Gasteiger partial charge < -0.3 is 5.11 Å². The quantitative estimate of drug-likeness (QED) is 0.785. The lowest BCUT2D eigenvalue weighted by Crippen LogP contribution is -1.95. The number of hydrogen-bond acceptors (Lipinski definition) is 1. The van der Waals surface area contributed by atoms with Crippen LogP contribution in [0.15, 0.2) is 54.6 Å². The highest BCUT2D eigenvalue weighted by Gasteiger charge is 2.00. The Labute approximate surface area is 111 Å². The summed E-state index contributed by atoms with van der Waals surface area (Å²) in [4.78, 5) is 10.8. The molecule has 0 saturated heterocycles. The number of aromatic carboxylic acids is 1. The zero-order valence-electron chi connectivity index (χ0n) is 10.1. The molecular weight excluding hydrogens is 236 g/mol. The Morgan fingerprint density at radius 3 is 2.16 bits per heavy atom. The van der Waals surface area contributed by atoms with Gasteiger partial charge in [0.05, 0.1) is 5.56 Å². The molecule has 2 rings (SSSR count). The van der Waals surface area contributed by atoms with Gasteiger partial charge in [-0.1, -0.05) is 36.1 Å². The van der Waals surface area contributed by atoms with Crippen LogP contribution in [-0.4, -0.2) is 11.1 Å². The number of benzene rings is 2.